The van der Waals surface area contributed by atoms with Crippen LogP contribution in [0.2, 0.25) is 0 Å². The van der Waals surface area contributed by atoms with Gasteiger partial charge in [0.25, 0.3) is 0 Å². The molecule has 4 aromatic carbocycles. The summed E-state index contributed by atoms with van der Waals surface area (Å²) in [6.07, 6.45) is 1.02. The van der Waals surface area contributed by atoms with E-state index in [1.165, 1.54) is 14.2 Å². The number of fused-ring (bicyclic) bond motifs is 1. The van der Waals surface area contributed by atoms with Gasteiger partial charge in [-0.2, -0.15) is 5.26 Å². The molecule has 0 fully saturated rings. The lowest BCUT2D eigenvalue weighted by Crippen LogP contribution is -2.10. The minimum atomic E-state index is -0.477. The van der Waals surface area contributed by atoms with Crippen LogP contribution in [-0.2, 0) is 20.7 Å². The van der Waals surface area contributed by atoms with Crippen LogP contribution in [0.25, 0.3) is 33.7 Å². The Morgan fingerprint density at radius 3 is 2.16 bits per heavy atom. The largest absolute Gasteiger partial charge is 0.469 e. The number of nitrogens with two attached hydrogens (primary N) is 1. The van der Waals surface area contributed by atoms with Crippen LogP contribution in [-0.4, -0.2) is 37.0 Å². The van der Waals surface area contributed by atoms with E-state index in [1.807, 2.05) is 56.3 Å². The smallest absolute Gasteiger partial charge is 0.337 e. The Hall–Kier alpha value is -5.75. The van der Waals surface area contributed by atoms with Crippen molar-refractivity contribution in [1.82, 2.24) is 4.98 Å². The standard InChI is InChI=1S/C18H15N3O2.C18H18O4/c1-10(2)14-7-11(9-19)8-15-16(14)23-18(21-15)13-5-3-12(4-6-13)17(20)22;1-21-17(19)11-8-13-6-9-14(10-7-13)15-4-3-5-16(12-15)18(20)22-2/h3-8,10H,1-2H3,(H2,20,22);3-7,9-10,12H,8,11H2,1-2H3. The number of hydrogen-bond acceptors (Lipinski definition) is 8. The zero-order valence-electron chi connectivity index (χ0n) is 25.5. The van der Waals surface area contributed by atoms with E-state index < -0.39 is 5.91 Å². The summed E-state index contributed by atoms with van der Waals surface area (Å²) in [6, 6.07) is 27.6. The highest BCUT2D eigenvalue weighted by Gasteiger charge is 2.16. The molecule has 0 spiro atoms. The Bertz CT molecular complexity index is 1870. The lowest BCUT2D eigenvalue weighted by molar-refractivity contribution is -0.140. The first-order chi connectivity index (χ1) is 21.6. The highest BCUT2D eigenvalue weighted by atomic mass is 16.5. The van der Waals surface area contributed by atoms with Gasteiger partial charge in [-0.25, -0.2) is 9.78 Å². The third kappa shape index (κ3) is 8.00. The number of hydrogen-bond donors (Lipinski definition) is 1. The fourth-order valence-electron chi connectivity index (χ4n) is 4.61. The maximum absolute atomic E-state index is 11.6. The molecule has 9 heteroatoms. The summed E-state index contributed by atoms with van der Waals surface area (Å²) in [5.74, 6) is -0.377. The second kappa shape index (κ2) is 14.6. The van der Waals surface area contributed by atoms with E-state index in [9.17, 15) is 14.4 Å². The maximum Gasteiger partial charge on any atom is 0.337 e. The van der Waals surface area contributed by atoms with Gasteiger partial charge in [0.2, 0.25) is 11.8 Å². The second-order valence-electron chi connectivity index (χ2n) is 10.5. The van der Waals surface area contributed by atoms with Crippen LogP contribution >= 0.6 is 0 Å². The highest BCUT2D eigenvalue weighted by molar-refractivity contribution is 5.93. The summed E-state index contributed by atoms with van der Waals surface area (Å²) in [5.41, 5.74) is 12.8. The van der Waals surface area contributed by atoms with Crippen LogP contribution in [0.5, 0.6) is 0 Å². The molecule has 5 rings (SSSR count). The molecule has 0 saturated carbocycles. The van der Waals surface area contributed by atoms with Gasteiger partial charge >= 0.3 is 11.9 Å². The zero-order chi connectivity index (χ0) is 32.5. The summed E-state index contributed by atoms with van der Waals surface area (Å²) in [5, 5.41) is 9.16. The lowest BCUT2D eigenvalue weighted by Gasteiger charge is -2.06. The Morgan fingerprint density at radius 1 is 0.867 bits per heavy atom. The molecule has 0 atom stereocenters. The van der Waals surface area contributed by atoms with Crippen molar-refractivity contribution in [2.45, 2.75) is 32.6 Å². The van der Waals surface area contributed by atoms with E-state index in [4.69, 9.17) is 20.1 Å². The molecule has 0 unspecified atom stereocenters. The molecule has 0 bridgehead atoms. The molecule has 0 aliphatic rings. The number of methoxy groups -OCH3 is 2. The monoisotopic (exact) mass is 603 g/mol. The van der Waals surface area contributed by atoms with E-state index in [1.54, 1.807) is 42.5 Å². The average molecular weight is 604 g/mol. The van der Waals surface area contributed by atoms with E-state index in [0.29, 0.717) is 46.5 Å². The first-order valence-electron chi connectivity index (χ1n) is 14.2. The number of ether oxygens (including phenoxy) is 2. The van der Waals surface area contributed by atoms with Gasteiger partial charge in [0.15, 0.2) is 5.58 Å². The van der Waals surface area contributed by atoms with Crippen molar-refractivity contribution in [3.63, 3.8) is 0 Å². The van der Waals surface area contributed by atoms with Crippen molar-refractivity contribution in [1.29, 1.82) is 5.26 Å². The van der Waals surface area contributed by atoms with Gasteiger partial charge in [-0.1, -0.05) is 50.2 Å². The summed E-state index contributed by atoms with van der Waals surface area (Å²) in [4.78, 5) is 38.3. The molecule has 1 aromatic heterocycles. The van der Waals surface area contributed by atoms with Gasteiger partial charge in [0.1, 0.15) is 5.52 Å². The molecule has 45 heavy (non-hydrogen) atoms. The van der Waals surface area contributed by atoms with E-state index in [0.717, 1.165) is 27.8 Å². The van der Waals surface area contributed by atoms with Gasteiger partial charge in [-0.3, -0.25) is 9.59 Å². The number of aromatic nitrogens is 1. The summed E-state index contributed by atoms with van der Waals surface area (Å²) in [6.45, 7) is 4.08. The van der Waals surface area contributed by atoms with Crippen LogP contribution in [0.3, 0.4) is 0 Å². The summed E-state index contributed by atoms with van der Waals surface area (Å²) >= 11 is 0. The molecule has 1 heterocycles. The van der Waals surface area contributed by atoms with Gasteiger partial charge in [0.05, 0.1) is 31.4 Å². The molecule has 1 amide bonds. The molecule has 2 N–H and O–H groups in total. The first kappa shape index (κ1) is 32.2. The number of carbonyl (C=O) groups is 3. The quantitative estimate of drug-likeness (QED) is 0.190. The van der Waals surface area contributed by atoms with Gasteiger partial charge in [0, 0.05) is 23.1 Å². The predicted molar refractivity (Wildman–Crippen MR) is 170 cm³/mol. The number of aryl methyl sites for hydroxylation is 1. The number of primary amides is 1. The molecule has 228 valence electrons. The second-order valence-corrected chi connectivity index (χ2v) is 10.5. The minimum absolute atomic E-state index is 0.212. The Labute approximate surface area is 261 Å². The molecular weight excluding hydrogens is 570 g/mol. The normalized spacial score (nSPS) is 10.5. The van der Waals surface area contributed by atoms with Crippen molar-refractivity contribution in [2.24, 2.45) is 5.73 Å². The third-order valence-electron chi connectivity index (χ3n) is 7.10. The fourth-order valence-corrected chi connectivity index (χ4v) is 4.61. The molecular formula is C36H33N3O6. The fraction of sp³-hybridized carbons (Fsp3) is 0.194. The number of nitrogens with zero attached hydrogens (tertiary/aromatic N) is 2. The number of rotatable bonds is 8. The molecule has 0 aliphatic carbocycles. The van der Waals surface area contributed by atoms with E-state index in [-0.39, 0.29) is 17.9 Å². The highest BCUT2D eigenvalue weighted by Crippen LogP contribution is 2.31. The number of esters is 2. The minimum Gasteiger partial charge on any atom is -0.469 e. The zero-order valence-corrected chi connectivity index (χ0v) is 25.5. The molecule has 0 saturated heterocycles. The first-order valence-corrected chi connectivity index (χ1v) is 14.2. The summed E-state index contributed by atoms with van der Waals surface area (Å²) < 4.78 is 15.3. The topological polar surface area (TPSA) is 146 Å². The Kier molecular flexibility index (Phi) is 10.5. The van der Waals surface area contributed by atoms with Crippen molar-refractivity contribution in [3.8, 4) is 28.7 Å². The van der Waals surface area contributed by atoms with Gasteiger partial charge in [-0.15, -0.1) is 0 Å². The predicted octanol–water partition coefficient (Wildman–Crippen LogP) is 6.83. The van der Waals surface area contributed by atoms with Crippen molar-refractivity contribution < 1.29 is 28.3 Å². The number of oxazole rings is 1. The number of nitriles is 1. The van der Waals surface area contributed by atoms with Crippen molar-refractivity contribution >= 4 is 28.9 Å². The Morgan fingerprint density at radius 2 is 1.56 bits per heavy atom. The maximum atomic E-state index is 11.6. The van der Waals surface area contributed by atoms with Crippen LogP contribution < -0.4 is 5.73 Å². The van der Waals surface area contributed by atoms with Crippen LogP contribution in [0, 0.1) is 11.3 Å². The Balaban J connectivity index is 0.000000205. The molecule has 0 aliphatic heterocycles. The number of carbonyl (C=O) groups excluding carboxylic acids is 3. The van der Waals surface area contributed by atoms with Crippen LogP contribution in [0.1, 0.15) is 63.6 Å². The number of benzene rings is 4. The molecule has 5 aromatic rings. The lowest BCUT2D eigenvalue weighted by atomic mass is 10.00. The van der Waals surface area contributed by atoms with Crippen molar-refractivity contribution in [2.75, 3.05) is 14.2 Å². The SMILES string of the molecule is CC(C)c1cc(C#N)cc2nc(-c3ccc(C(N)=O)cc3)oc12.COC(=O)CCc1ccc(-c2cccc(C(=O)OC)c2)cc1. The molecule has 9 nitrogen and oxygen atoms in total. The van der Waals surface area contributed by atoms with E-state index >= 15 is 0 Å². The third-order valence-corrected chi connectivity index (χ3v) is 7.10. The van der Waals surface area contributed by atoms with Crippen molar-refractivity contribution in [3.05, 3.63) is 113 Å². The van der Waals surface area contributed by atoms with E-state index in [2.05, 4.69) is 15.8 Å². The van der Waals surface area contributed by atoms with Gasteiger partial charge < -0.3 is 19.6 Å². The average Bonchev–Trinajstić information content (AvgIpc) is 3.51. The van der Waals surface area contributed by atoms with Crippen LogP contribution in [0.4, 0.5) is 0 Å². The van der Waals surface area contributed by atoms with Crippen LogP contribution in [0.15, 0.2) is 89.3 Å². The number of amides is 1. The molecule has 0 radical (unpaired) electrons. The van der Waals surface area contributed by atoms with Gasteiger partial charge in [-0.05, 0) is 77.6 Å². The summed E-state index contributed by atoms with van der Waals surface area (Å²) in [7, 11) is 2.75.